The molecule has 2 aromatic rings. The maximum absolute atomic E-state index is 12.1. The van der Waals surface area contributed by atoms with Crippen LogP contribution in [0.15, 0.2) is 42.5 Å². The highest BCUT2D eigenvalue weighted by Gasteiger charge is 2.22. The zero-order valence-electron chi connectivity index (χ0n) is 10.6. The second kappa shape index (κ2) is 5.05. The molecule has 2 aromatic carbocycles. The van der Waals surface area contributed by atoms with E-state index in [4.69, 9.17) is 0 Å². The van der Waals surface area contributed by atoms with Gasteiger partial charge in [-0.1, -0.05) is 44.2 Å². The van der Waals surface area contributed by atoms with Gasteiger partial charge >= 0.3 is 0 Å². The number of carbonyl (C=O) groups excluding carboxylic acids is 1. The fourth-order valence-electron chi connectivity index (χ4n) is 2.18. The van der Waals surface area contributed by atoms with Crippen LogP contribution >= 0.6 is 0 Å². The van der Waals surface area contributed by atoms with Crippen LogP contribution in [0.25, 0.3) is 0 Å². The van der Waals surface area contributed by atoms with Crippen molar-refractivity contribution in [1.82, 2.24) is 0 Å². The van der Waals surface area contributed by atoms with Crippen molar-refractivity contribution in [2.24, 2.45) is 0 Å². The Labute approximate surface area is 107 Å². The van der Waals surface area contributed by atoms with Gasteiger partial charge in [0.25, 0.3) is 0 Å². The number of carbonyl (C=O) groups is 1. The van der Waals surface area contributed by atoms with Gasteiger partial charge in [0.1, 0.15) is 5.75 Å². The van der Waals surface area contributed by atoms with E-state index in [-0.39, 0.29) is 11.5 Å². The first-order chi connectivity index (χ1) is 8.75. The Balaban J connectivity index is 0.000000574. The van der Waals surface area contributed by atoms with E-state index in [1.807, 2.05) is 44.2 Å². The molecule has 0 heterocycles. The zero-order chi connectivity index (χ0) is 13.1. The monoisotopic (exact) mass is 240 g/mol. The van der Waals surface area contributed by atoms with Gasteiger partial charge in [0.15, 0.2) is 5.78 Å². The number of phenolic OH excluding ortho intramolecular Hbond substituents is 1. The highest BCUT2D eigenvalue weighted by atomic mass is 16.3. The summed E-state index contributed by atoms with van der Waals surface area (Å²) in [7, 11) is 0. The molecule has 0 saturated carbocycles. The van der Waals surface area contributed by atoms with E-state index >= 15 is 0 Å². The number of fused-ring (bicyclic) bond motifs is 2. The van der Waals surface area contributed by atoms with Gasteiger partial charge in [-0.15, -0.1) is 0 Å². The van der Waals surface area contributed by atoms with Crippen LogP contribution in [0.3, 0.4) is 0 Å². The molecular formula is C16H16O2. The van der Waals surface area contributed by atoms with Crippen molar-refractivity contribution >= 4 is 5.78 Å². The normalized spacial score (nSPS) is 12.0. The number of aromatic hydroxyl groups is 1. The first-order valence-corrected chi connectivity index (χ1v) is 6.20. The maximum Gasteiger partial charge on any atom is 0.193 e. The third kappa shape index (κ3) is 2.02. The summed E-state index contributed by atoms with van der Waals surface area (Å²) in [6, 6.07) is 12.6. The standard InChI is InChI=1S/C14H10O2.C2H6/c15-11-6-5-10-7-9-3-1-2-4-12(9)14(16)13(10)8-11;1-2/h1-6,8,15H,7H2;1-2H3. The van der Waals surface area contributed by atoms with E-state index in [0.717, 1.165) is 23.1 Å². The molecule has 1 aliphatic carbocycles. The van der Waals surface area contributed by atoms with Crippen molar-refractivity contribution in [2.45, 2.75) is 20.3 Å². The second-order valence-corrected chi connectivity index (χ2v) is 4.00. The van der Waals surface area contributed by atoms with E-state index in [0.29, 0.717) is 5.56 Å². The van der Waals surface area contributed by atoms with E-state index < -0.39 is 0 Å². The molecule has 0 saturated heterocycles. The lowest BCUT2D eigenvalue weighted by atomic mass is 9.85. The van der Waals surface area contributed by atoms with Crippen LogP contribution in [0.4, 0.5) is 0 Å². The van der Waals surface area contributed by atoms with Crippen molar-refractivity contribution < 1.29 is 9.90 Å². The third-order valence-electron chi connectivity index (χ3n) is 2.98. The molecule has 3 rings (SSSR count). The number of benzene rings is 2. The molecule has 0 aliphatic heterocycles. The van der Waals surface area contributed by atoms with Gasteiger partial charge in [-0.25, -0.2) is 0 Å². The lowest BCUT2D eigenvalue weighted by Gasteiger charge is -2.18. The van der Waals surface area contributed by atoms with Gasteiger partial charge in [0.05, 0.1) is 0 Å². The van der Waals surface area contributed by atoms with Crippen molar-refractivity contribution in [3.63, 3.8) is 0 Å². The van der Waals surface area contributed by atoms with Crippen molar-refractivity contribution in [2.75, 3.05) is 0 Å². The van der Waals surface area contributed by atoms with Crippen LogP contribution in [0.5, 0.6) is 5.75 Å². The van der Waals surface area contributed by atoms with Crippen molar-refractivity contribution in [3.05, 3.63) is 64.7 Å². The molecule has 0 unspecified atom stereocenters. The Morgan fingerprint density at radius 2 is 1.61 bits per heavy atom. The van der Waals surface area contributed by atoms with Crippen LogP contribution < -0.4 is 0 Å². The SMILES string of the molecule is CC.O=C1c2ccccc2Cc2ccc(O)cc21. The predicted octanol–water partition coefficient (Wildman–Crippen LogP) is 3.55. The van der Waals surface area contributed by atoms with Crippen molar-refractivity contribution in [1.29, 1.82) is 0 Å². The first kappa shape index (κ1) is 12.4. The Morgan fingerprint density at radius 3 is 2.39 bits per heavy atom. The highest BCUT2D eigenvalue weighted by Crippen LogP contribution is 2.28. The summed E-state index contributed by atoms with van der Waals surface area (Å²) in [5.41, 5.74) is 3.42. The number of rotatable bonds is 0. The maximum atomic E-state index is 12.1. The van der Waals surface area contributed by atoms with Crippen LogP contribution in [-0.4, -0.2) is 10.9 Å². The van der Waals surface area contributed by atoms with Crippen LogP contribution in [0.1, 0.15) is 40.9 Å². The molecule has 18 heavy (non-hydrogen) atoms. The average Bonchev–Trinajstić information content (AvgIpc) is 2.42. The fourth-order valence-corrected chi connectivity index (χ4v) is 2.18. The summed E-state index contributed by atoms with van der Waals surface area (Å²) >= 11 is 0. The lowest BCUT2D eigenvalue weighted by molar-refractivity contribution is 0.103. The van der Waals surface area contributed by atoms with Gasteiger partial charge in [-0.05, 0) is 29.7 Å². The number of phenols is 1. The zero-order valence-corrected chi connectivity index (χ0v) is 10.6. The molecule has 92 valence electrons. The third-order valence-corrected chi connectivity index (χ3v) is 2.98. The Morgan fingerprint density at radius 1 is 0.944 bits per heavy atom. The van der Waals surface area contributed by atoms with E-state index in [1.54, 1.807) is 12.1 Å². The second-order valence-electron chi connectivity index (χ2n) is 4.00. The van der Waals surface area contributed by atoms with E-state index in [1.165, 1.54) is 0 Å². The average molecular weight is 240 g/mol. The molecule has 0 aromatic heterocycles. The molecule has 0 atom stereocenters. The largest absolute Gasteiger partial charge is 0.508 e. The van der Waals surface area contributed by atoms with E-state index in [2.05, 4.69) is 0 Å². The minimum absolute atomic E-state index is 0.00718. The molecule has 2 heteroatoms. The molecule has 0 radical (unpaired) electrons. The lowest BCUT2D eigenvalue weighted by Crippen LogP contribution is -2.14. The minimum atomic E-state index is 0.00718. The summed E-state index contributed by atoms with van der Waals surface area (Å²) in [6.45, 7) is 4.00. The summed E-state index contributed by atoms with van der Waals surface area (Å²) in [5.74, 6) is 0.152. The summed E-state index contributed by atoms with van der Waals surface area (Å²) in [6.07, 6.45) is 0.761. The fraction of sp³-hybridized carbons (Fsp3) is 0.188. The highest BCUT2D eigenvalue weighted by molar-refractivity contribution is 6.12. The molecular weight excluding hydrogens is 224 g/mol. The number of hydrogen-bond acceptors (Lipinski definition) is 2. The van der Waals surface area contributed by atoms with Gasteiger partial charge in [-0.3, -0.25) is 4.79 Å². The summed E-state index contributed by atoms with van der Waals surface area (Å²) in [4.78, 5) is 12.1. The Hall–Kier alpha value is -2.09. The summed E-state index contributed by atoms with van der Waals surface area (Å²) in [5, 5.41) is 9.40. The van der Waals surface area contributed by atoms with Crippen LogP contribution in [0.2, 0.25) is 0 Å². The topological polar surface area (TPSA) is 37.3 Å². The molecule has 1 aliphatic rings. The first-order valence-electron chi connectivity index (χ1n) is 6.20. The predicted molar refractivity (Wildman–Crippen MR) is 72.1 cm³/mol. The van der Waals surface area contributed by atoms with Gasteiger partial charge in [0.2, 0.25) is 0 Å². The molecule has 0 bridgehead atoms. The number of ketones is 1. The molecule has 0 spiro atoms. The molecule has 1 N–H and O–H groups in total. The Bertz CT molecular complexity index is 585. The van der Waals surface area contributed by atoms with E-state index in [9.17, 15) is 9.90 Å². The molecule has 2 nitrogen and oxygen atoms in total. The van der Waals surface area contributed by atoms with Gasteiger partial charge < -0.3 is 5.11 Å². The number of hydrogen-bond donors (Lipinski definition) is 1. The summed E-state index contributed by atoms with van der Waals surface area (Å²) < 4.78 is 0. The minimum Gasteiger partial charge on any atom is -0.508 e. The molecule has 0 fully saturated rings. The van der Waals surface area contributed by atoms with Gasteiger partial charge in [-0.2, -0.15) is 0 Å². The molecule has 0 amide bonds. The van der Waals surface area contributed by atoms with Crippen LogP contribution in [-0.2, 0) is 6.42 Å². The van der Waals surface area contributed by atoms with Gasteiger partial charge in [0, 0.05) is 11.1 Å². The Kier molecular flexibility index (Phi) is 3.47. The van der Waals surface area contributed by atoms with Crippen molar-refractivity contribution in [3.8, 4) is 5.75 Å². The van der Waals surface area contributed by atoms with Crippen LogP contribution in [0, 0.1) is 0 Å². The quantitative estimate of drug-likeness (QED) is 0.652. The smallest absolute Gasteiger partial charge is 0.193 e.